The van der Waals surface area contributed by atoms with E-state index in [9.17, 15) is 4.57 Å². The van der Waals surface area contributed by atoms with Gasteiger partial charge in [-0.2, -0.15) is 0 Å². The average Bonchev–Trinajstić information content (AvgIpc) is 2.38. The van der Waals surface area contributed by atoms with E-state index < -0.39 is 7.67 Å². The van der Waals surface area contributed by atoms with Crippen LogP contribution in [-0.2, 0) is 18.6 Å². The number of nitrogens with zero attached hydrogens (tertiary/aromatic N) is 1. The van der Waals surface area contributed by atoms with E-state index in [1.165, 1.54) is 0 Å². The van der Waals surface area contributed by atoms with Crippen LogP contribution in [0.25, 0.3) is 0 Å². The Hall–Kier alpha value is 0.0300. The van der Waals surface area contributed by atoms with E-state index in [0.29, 0.717) is 46.1 Å². The molecule has 108 valence electrons. The highest BCUT2D eigenvalue weighted by molar-refractivity contribution is 7.54. The Balaban J connectivity index is 2.48. The molecule has 0 aromatic rings. The summed E-state index contributed by atoms with van der Waals surface area (Å²) in [6, 6.07) is 0. The van der Waals surface area contributed by atoms with Crippen molar-refractivity contribution in [3.05, 3.63) is 0 Å². The molecule has 0 aromatic heterocycles. The van der Waals surface area contributed by atoms with Crippen LogP contribution in [0.1, 0.15) is 20.3 Å². The van der Waals surface area contributed by atoms with Gasteiger partial charge in [0.15, 0.2) is 0 Å². The van der Waals surface area contributed by atoms with Crippen LogP contribution >= 0.6 is 7.67 Å². The highest BCUT2D eigenvalue weighted by Gasteiger charge is 2.33. The third-order valence-electron chi connectivity index (χ3n) is 2.67. The van der Waals surface area contributed by atoms with Crippen LogP contribution in [0.4, 0.5) is 0 Å². The Labute approximate surface area is 110 Å². The first-order valence-electron chi connectivity index (χ1n) is 6.63. The van der Waals surface area contributed by atoms with Crippen LogP contribution in [0.15, 0.2) is 0 Å². The lowest BCUT2D eigenvalue weighted by molar-refractivity contribution is 0.1000. The largest absolute Gasteiger partial charge is 0.380 e. The first-order valence-corrected chi connectivity index (χ1v) is 8.21. The van der Waals surface area contributed by atoms with Gasteiger partial charge >= 0.3 is 7.67 Å². The van der Waals surface area contributed by atoms with E-state index >= 15 is 0 Å². The third-order valence-corrected chi connectivity index (χ3v) is 4.97. The van der Waals surface area contributed by atoms with E-state index in [1.807, 2.05) is 18.5 Å². The highest BCUT2D eigenvalue weighted by Crippen LogP contribution is 2.47. The number of hydrogen-bond acceptors (Lipinski definition) is 4. The van der Waals surface area contributed by atoms with E-state index in [-0.39, 0.29) is 0 Å². The molecule has 1 fully saturated rings. The maximum atomic E-state index is 12.6. The zero-order valence-corrected chi connectivity index (χ0v) is 12.3. The molecule has 1 atom stereocenters. The molecule has 1 rings (SSSR count). The van der Waals surface area contributed by atoms with Crippen LogP contribution in [0, 0.1) is 0 Å². The lowest BCUT2D eigenvalue weighted by Crippen LogP contribution is -2.37. The molecule has 18 heavy (non-hydrogen) atoms. The smallest absolute Gasteiger partial charge is 0.343 e. The lowest BCUT2D eigenvalue weighted by atomic mass is 10.5. The van der Waals surface area contributed by atoms with Crippen molar-refractivity contribution in [1.82, 2.24) is 9.76 Å². The van der Waals surface area contributed by atoms with Crippen molar-refractivity contribution < 1.29 is 18.6 Å². The average molecular weight is 280 g/mol. The van der Waals surface area contributed by atoms with Crippen LogP contribution in [0.3, 0.4) is 0 Å². The molecule has 1 N–H and O–H groups in total. The second kappa shape index (κ2) is 9.02. The van der Waals surface area contributed by atoms with Gasteiger partial charge in [0.25, 0.3) is 0 Å². The molecular weight excluding hydrogens is 255 g/mol. The minimum absolute atomic E-state index is 0.546. The number of rotatable bonds is 9. The van der Waals surface area contributed by atoms with Gasteiger partial charge in [0.05, 0.1) is 19.8 Å². The molecule has 0 aromatic carbocycles. The summed E-state index contributed by atoms with van der Waals surface area (Å²) < 4.78 is 30.5. The predicted octanol–water partition coefficient (Wildman–Crippen LogP) is 1.48. The fourth-order valence-corrected chi connectivity index (χ4v) is 3.67. The summed E-state index contributed by atoms with van der Waals surface area (Å²) in [6.07, 6.45) is 0.898. The molecule has 1 heterocycles. The number of hydrogen-bond donors (Lipinski definition) is 1. The fraction of sp³-hybridized carbons (Fsp3) is 1.00. The van der Waals surface area contributed by atoms with Gasteiger partial charge in [0, 0.05) is 32.8 Å². The molecule has 1 unspecified atom stereocenters. The van der Waals surface area contributed by atoms with Crippen molar-refractivity contribution >= 4 is 7.67 Å². The second-order valence-electron chi connectivity index (χ2n) is 3.96. The molecule has 0 saturated carbocycles. The highest BCUT2D eigenvalue weighted by atomic mass is 31.2. The van der Waals surface area contributed by atoms with Crippen molar-refractivity contribution in [3.63, 3.8) is 0 Å². The van der Waals surface area contributed by atoms with Crippen molar-refractivity contribution in [3.8, 4) is 0 Å². The van der Waals surface area contributed by atoms with Gasteiger partial charge in [-0.15, -0.1) is 0 Å². The second-order valence-corrected chi connectivity index (χ2v) is 6.14. The van der Waals surface area contributed by atoms with Crippen LogP contribution in [-0.4, -0.2) is 57.3 Å². The maximum absolute atomic E-state index is 12.6. The van der Waals surface area contributed by atoms with Gasteiger partial charge in [0.1, 0.15) is 0 Å². The predicted molar refractivity (Wildman–Crippen MR) is 70.7 cm³/mol. The van der Waals surface area contributed by atoms with Gasteiger partial charge in [-0.3, -0.25) is 4.57 Å². The lowest BCUT2D eigenvalue weighted by Gasteiger charge is -2.33. The first-order chi connectivity index (χ1) is 8.73. The summed E-state index contributed by atoms with van der Waals surface area (Å²) in [6.45, 7) is 8.78. The topological polar surface area (TPSA) is 60.0 Å². The molecular formula is C11H25N2O4P. The molecule has 0 spiro atoms. The standard InChI is InChI=1S/C11H25N2O4P/c1-3-15-10-7-13(8-11-16-4-2)18(14)12-6-5-9-17-18/h3-11H2,1-2H3,(H,12,14). The van der Waals surface area contributed by atoms with Gasteiger partial charge in [-0.05, 0) is 20.3 Å². The summed E-state index contributed by atoms with van der Waals surface area (Å²) in [5.41, 5.74) is 0. The Kier molecular flexibility index (Phi) is 8.06. The minimum Gasteiger partial charge on any atom is -0.380 e. The van der Waals surface area contributed by atoms with Crippen LogP contribution < -0.4 is 5.09 Å². The van der Waals surface area contributed by atoms with Crippen molar-refractivity contribution in [2.45, 2.75) is 20.3 Å². The summed E-state index contributed by atoms with van der Waals surface area (Å²) in [5, 5.41) is 3.00. The molecule has 0 radical (unpaired) electrons. The summed E-state index contributed by atoms with van der Waals surface area (Å²) in [7, 11) is -2.88. The molecule has 0 amide bonds. The van der Waals surface area contributed by atoms with Crippen LogP contribution in [0.2, 0.25) is 0 Å². The zero-order chi connectivity index (χ0) is 13.3. The van der Waals surface area contributed by atoms with E-state index in [1.54, 1.807) is 0 Å². The molecule has 0 bridgehead atoms. The van der Waals surface area contributed by atoms with Gasteiger partial charge in [-0.1, -0.05) is 0 Å². The Bertz CT molecular complexity index is 245. The molecule has 1 aliphatic heterocycles. The van der Waals surface area contributed by atoms with Crippen molar-refractivity contribution in [1.29, 1.82) is 0 Å². The van der Waals surface area contributed by atoms with Crippen molar-refractivity contribution in [2.75, 3.05) is 52.7 Å². The Morgan fingerprint density at radius 2 is 1.83 bits per heavy atom. The van der Waals surface area contributed by atoms with E-state index in [4.69, 9.17) is 14.0 Å². The minimum atomic E-state index is -2.88. The normalized spacial score (nSPS) is 24.6. The molecule has 1 saturated heterocycles. The van der Waals surface area contributed by atoms with E-state index in [2.05, 4.69) is 5.09 Å². The zero-order valence-electron chi connectivity index (χ0n) is 11.4. The van der Waals surface area contributed by atoms with Gasteiger partial charge in [0.2, 0.25) is 0 Å². The molecule has 7 heteroatoms. The number of ether oxygens (including phenoxy) is 2. The number of nitrogens with one attached hydrogen (secondary N) is 1. The third kappa shape index (κ3) is 5.34. The molecule has 0 aliphatic carbocycles. The fourth-order valence-electron chi connectivity index (χ4n) is 1.71. The van der Waals surface area contributed by atoms with Gasteiger partial charge < -0.3 is 14.0 Å². The summed E-state index contributed by atoms with van der Waals surface area (Å²) in [5.74, 6) is 0. The summed E-state index contributed by atoms with van der Waals surface area (Å²) in [4.78, 5) is 0. The van der Waals surface area contributed by atoms with E-state index in [0.717, 1.165) is 13.0 Å². The summed E-state index contributed by atoms with van der Waals surface area (Å²) >= 11 is 0. The monoisotopic (exact) mass is 280 g/mol. The molecule has 1 aliphatic rings. The van der Waals surface area contributed by atoms with Crippen LogP contribution in [0.5, 0.6) is 0 Å². The van der Waals surface area contributed by atoms with Gasteiger partial charge in [-0.25, -0.2) is 9.76 Å². The maximum Gasteiger partial charge on any atom is 0.343 e. The molecule has 6 nitrogen and oxygen atoms in total. The Morgan fingerprint density at radius 3 is 2.28 bits per heavy atom. The first kappa shape index (κ1) is 16.1. The Morgan fingerprint density at radius 1 is 1.22 bits per heavy atom. The van der Waals surface area contributed by atoms with Crippen molar-refractivity contribution in [2.24, 2.45) is 0 Å². The SMILES string of the molecule is CCOCCN(CCOCC)P1(=O)NCCCO1. The quantitative estimate of drug-likeness (QED) is 0.510.